The van der Waals surface area contributed by atoms with Crippen molar-refractivity contribution in [2.45, 2.75) is 38.5 Å². The highest BCUT2D eigenvalue weighted by Gasteiger charge is 2.27. The number of hydrogen-bond donors (Lipinski definition) is 1. The Balaban J connectivity index is 1.31. The fraction of sp³-hybridized carbons (Fsp3) is 0.259. The lowest BCUT2D eigenvalue weighted by Crippen LogP contribution is -2.15. The summed E-state index contributed by atoms with van der Waals surface area (Å²) in [6, 6.07) is 16.6. The molecule has 0 saturated carbocycles. The minimum absolute atomic E-state index is 0.0771. The second-order valence-electron chi connectivity index (χ2n) is 8.39. The standard InChI is InChI=1S/C27H25N3O4S/c1-33-19-13-11-17(12-14-19)25(32)24-20-9-5-6-10-21(20)35-27(24)28-22(31)15-16-23-29-30-26(34-23)18-7-3-2-4-8-18/h2-4,7-8,11-14H,5-6,9-10,15-16H2,1H3,(H,28,31). The molecular weight excluding hydrogens is 462 g/mol. The van der Waals surface area contributed by atoms with Gasteiger partial charge in [0.25, 0.3) is 0 Å². The number of nitrogens with one attached hydrogen (secondary N) is 1. The van der Waals surface area contributed by atoms with E-state index in [1.165, 1.54) is 16.2 Å². The van der Waals surface area contributed by atoms with Gasteiger partial charge in [0, 0.05) is 28.8 Å². The van der Waals surface area contributed by atoms with Crippen molar-refractivity contribution in [1.29, 1.82) is 0 Å². The number of ether oxygens (including phenoxy) is 1. The Bertz CT molecular complexity index is 1340. The summed E-state index contributed by atoms with van der Waals surface area (Å²) < 4.78 is 10.9. The zero-order chi connectivity index (χ0) is 24.2. The third-order valence-corrected chi connectivity index (χ3v) is 7.26. The molecule has 0 atom stereocenters. The predicted molar refractivity (Wildman–Crippen MR) is 134 cm³/mol. The molecule has 5 rings (SSSR count). The Morgan fingerprint density at radius 3 is 2.57 bits per heavy atom. The third kappa shape index (κ3) is 5.02. The Hall–Kier alpha value is -3.78. The highest BCUT2D eigenvalue weighted by Crippen LogP contribution is 2.39. The molecule has 1 aliphatic rings. The first-order valence-corrected chi connectivity index (χ1v) is 12.4. The van der Waals surface area contributed by atoms with Crippen molar-refractivity contribution in [3.8, 4) is 17.2 Å². The van der Waals surface area contributed by atoms with Crippen LogP contribution in [0, 0.1) is 0 Å². The van der Waals surface area contributed by atoms with Gasteiger partial charge < -0.3 is 14.5 Å². The molecule has 1 N–H and O–H groups in total. The van der Waals surface area contributed by atoms with Gasteiger partial charge in [-0.2, -0.15) is 0 Å². The summed E-state index contributed by atoms with van der Waals surface area (Å²) >= 11 is 1.52. The number of aromatic nitrogens is 2. The maximum atomic E-state index is 13.5. The smallest absolute Gasteiger partial charge is 0.247 e. The number of carbonyl (C=O) groups is 2. The molecule has 0 bridgehead atoms. The van der Waals surface area contributed by atoms with Crippen molar-refractivity contribution in [3.63, 3.8) is 0 Å². The van der Waals surface area contributed by atoms with Crippen LogP contribution in [-0.2, 0) is 24.1 Å². The molecule has 0 spiro atoms. The number of hydrogen-bond acceptors (Lipinski definition) is 7. The van der Waals surface area contributed by atoms with Crippen molar-refractivity contribution >= 4 is 28.0 Å². The van der Waals surface area contributed by atoms with Crippen LogP contribution < -0.4 is 10.1 Å². The van der Waals surface area contributed by atoms with E-state index in [0.29, 0.717) is 40.1 Å². The van der Waals surface area contributed by atoms with E-state index in [0.717, 1.165) is 36.8 Å². The lowest BCUT2D eigenvalue weighted by molar-refractivity contribution is -0.116. The molecule has 0 saturated heterocycles. The molecule has 2 heterocycles. The molecule has 0 radical (unpaired) electrons. The normalized spacial score (nSPS) is 12.7. The van der Waals surface area contributed by atoms with Crippen LogP contribution >= 0.6 is 11.3 Å². The largest absolute Gasteiger partial charge is 0.497 e. The van der Waals surface area contributed by atoms with Crippen LogP contribution in [0.4, 0.5) is 5.00 Å². The predicted octanol–water partition coefficient (Wildman–Crippen LogP) is 5.49. The maximum absolute atomic E-state index is 13.5. The number of thiophene rings is 1. The Labute approximate surface area is 207 Å². The quantitative estimate of drug-likeness (QED) is 0.330. The highest BCUT2D eigenvalue weighted by atomic mass is 32.1. The van der Waals surface area contributed by atoms with Gasteiger partial charge in [-0.15, -0.1) is 21.5 Å². The molecule has 0 fully saturated rings. The van der Waals surface area contributed by atoms with E-state index < -0.39 is 0 Å². The number of ketones is 1. The van der Waals surface area contributed by atoms with Crippen LogP contribution in [0.5, 0.6) is 5.75 Å². The lowest BCUT2D eigenvalue weighted by atomic mass is 9.92. The van der Waals surface area contributed by atoms with Crippen LogP contribution in [0.1, 0.15) is 51.5 Å². The number of nitrogens with zero attached hydrogens (tertiary/aromatic N) is 2. The molecule has 1 amide bonds. The highest BCUT2D eigenvalue weighted by molar-refractivity contribution is 7.17. The van der Waals surface area contributed by atoms with Gasteiger partial charge in [-0.05, 0) is 67.6 Å². The fourth-order valence-corrected chi connectivity index (χ4v) is 5.55. The fourth-order valence-electron chi connectivity index (χ4n) is 4.24. The second-order valence-corrected chi connectivity index (χ2v) is 9.49. The number of fused-ring (bicyclic) bond motifs is 1. The summed E-state index contributed by atoms with van der Waals surface area (Å²) in [4.78, 5) is 27.5. The number of amides is 1. The van der Waals surface area contributed by atoms with Crippen LogP contribution in [-0.4, -0.2) is 29.0 Å². The first-order chi connectivity index (χ1) is 17.1. The topological polar surface area (TPSA) is 94.3 Å². The number of aryl methyl sites for hydroxylation is 2. The third-order valence-electron chi connectivity index (χ3n) is 6.06. The van der Waals surface area contributed by atoms with Crippen LogP contribution in [0.15, 0.2) is 59.0 Å². The van der Waals surface area contributed by atoms with Gasteiger partial charge in [0.05, 0.1) is 12.7 Å². The monoisotopic (exact) mass is 487 g/mol. The van der Waals surface area contributed by atoms with E-state index in [4.69, 9.17) is 9.15 Å². The van der Waals surface area contributed by atoms with Crippen LogP contribution in [0.2, 0.25) is 0 Å². The Morgan fingerprint density at radius 1 is 1.03 bits per heavy atom. The zero-order valence-electron chi connectivity index (χ0n) is 19.4. The summed E-state index contributed by atoms with van der Waals surface area (Å²) in [5.41, 5.74) is 3.10. The van der Waals surface area contributed by atoms with Crippen molar-refractivity contribution in [2.24, 2.45) is 0 Å². The molecule has 0 unspecified atom stereocenters. The molecule has 0 aliphatic heterocycles. The summed E-state index contributed by atoms with van der Waals surface area (Å²) in [5.74, 6) is 1.26. The molecule has 178 valence electrons. The minimum atomic E-state index is -0.188. The van der Waals surface area contributed by atoms with E-state index in [-0.39, 0.29) is 18.1 Å². The van der Waals surface area contributed by atoms with E-state index in [9.17, 15) is 9.59 Å². The van der Waals surface area contributed by atoms with Crippen molar-refractivity contribution in [3.05, 3.63) is 82.1 Å². The van der Waals surface area contributed by atoms with Crippen molar-refractivity contribution < 1.29 is 18.7 Å². The van der Waals surface area contributed by atoms with Gasteiger partial charge in [0.15, 0.2) is 5.78 Å². The van der Waals surface area contributed by atoms with Gasteiger partial charge in [-0.1, -0.05) is 18.2 Å². The molecule has 1 aliphatic carbocycles. The zero-order valence-corrected chi connectivity index (χ0v) is 20.2. The van der Waals surface area contributed by atoms with Gasteiger partial charge in [0.1, 0.15) is 10.8 Å². The molecule has 35 heavy (non-hydrogen) atoms. The Morgan fingerprint density at radius 2 is 1.80 bits per heavy atom. The van der Waals surface area contributed by atoms with E-state index >= 15 is 0 Å². The van der Waals surface area contributed by atoms with Gasteiger partial charge in [0.2, 0.25) is 17.7 Å². The van der Waals surface area contributed by atoms with Crippen molar-refractivity contribution in [2.75, 3.05) is 12.4 Å². The average molecular weight is 488 g/mol. The first kappa shape index (κ1) is 23.0. The lowest BCUT2D eigenvalue weighted by Gasteiger charge is -2.13. The summed E-state index contributed by atoms with van der Waals surface area (Å²) in [6.07, 6.45) is 4.42. The molecule has 2 aromatic heterocycles. The molecule has 4 aromatic rings. The number of anilines is 1. The van der Waals surface area contributed by atoms with Crippen molar-refractivity contribution in [1.82, 2.24) is 10.2 Å². The summed E-state index contributed by atoms with van der Waals surface area (Å²) in [5, 5.41) is 11.8. The number of rotatable bonds is 8. The molecule has 8 heteroatoms. The van der Waals surface area contributed by atoms with E-state index in [2.05, 4.69) is 15.5 Å². The molecule has 7 nitrogen and oxygen atoms in total. The van der Waals surface area contributed by atoms with E-state index in [1.807, 2.05) is 30.3 Å². The summed E-state index contributed by atoms with van der Waals surface area (Å²) in [6.45, 7) is 0. The number of carbonyl (C=O) groups excluding carboxylic acids is 2. The average Bonchev–Trinajstić information content (AvgIpc) is 3.52. The SMILES string of the molecule is COc1ccc(C(=O)c2c(NC(=O)CCc3nnc(-c4ccccc4)o3)sc3c2CCCC3)cc1. The Kier molecular flexibility index (Phi) is 6.72. The van der Waals surface area contributed by atoms with Gasteiger partial charge in [-0.25, -0.2) is 0 Å². The first-order valence-electron chi connectivity index (χ1n) is 11.6. The maximum Gasteiger partial charge on any atom is 0.247 e. The molecule has 2 aromatic carbocycles. The van der Waals surface area contributed by atoms with Gasteiger partial charge >= 0.3 is 0 Å². The summed E-state index contributed by atoms with van der Waals surface area (Å²) in [7, 11) is 1.59. The van der Waals surface area contributed by atoms with Crippen LogP contribution in [0.3, 0.4) is 0 Å². The second kappa shape index (κ2) is 10.2. The number of benzene rings is 2. The minimum Gasteiger partial charge on any atom is -0.497 e. The van der Waals surface area contributed by atoms with E-state index in [1.54, 1.807) is 31.4 Å². The van der Waals surface area contributed by atoms with Crippen LogP contribution in [0.25, 0.3) is 11.5 Å². The van der Waals surface area contributed by atoms with Gasteiger partial charge in [-0.3, -0.25) is 9.59 Å². The molecular formula is C27H25N3O4S. The number of methoxy groups -OCH3 is 1.